The van der Waals surface area contributed by atoms with Gasteiger partial charge in [0.1, 0.15) is 0 Å². The number of carbonyl (C=O) groups excluding carboxylic acids is 1. The smallest absolute Gasteiger partial charge is 0.251 e. The van der Waals surface area contributed by atoms with Crippen LogP contribution in [0.2, 0.25) is 0 Å². The lowest BCUT2D eigenvalue weighted by atomic mass is 10.1. The molecule has 3 nitrogen and oxygen atoms in total. The summed E-state index contributed by atoms with van der Waals surface area (Å²) in [6.45, 7) is 4.59. The number of aromatic nitrogens is 1. The van der Waals surface area contributed by atoms with E-state index >= 15 is 0 Å². The molecule has 0 saturated carbocycles. The van der Waals surface area contributed by atoms with Crippen molar-refractivity contribution in [1.82, 2.24) is 10.3 Å². The van der Waals surface area contributed by atoms with Crippen molar-refractivity contribution in [3.63, 3.8) is 0 Å². The summed E-state index contributed by atoms with van der Waals surface area (Å²) in [7, 11) is 0. The Morgan fingerprint density at radius 2 is 2.11 bits per heavy atom. The molecule has 0 saturated heterocycles. The van der Waals surface area contributed by atoms with Crippen molar-refractivity contribution in [2.24, 2.45) is 0 Å². The molecule has 0 radical (unpaired) electrons. The SMILES string of the molecule is Cc1ccccc1C(=O)NCCc1scnc1C. The lowest BCUT2D eigenvalue weighted by Gasteiger charge is -2.06. The summed E-state index contributed by atoms with van der Waals surface area (Å²) < 4.78 is 0. The molecule has 0 spiro atoms. The molecular weight excluding hydrogens is 244 g/mol. The Labute approximate surface area is 111 Å². The highest BCUT2D eigenvalue weighted by molar-refractivity contribution is 7.09. The number of amides is 1. The first kappa shape index (κ1) is 12.8. The molecule has 4 heteroatoms. The fourth-order valence-corrected chi connectivity index (χ4v) is 2.56. The molecular formula is C14H16N2OS. The van der Waals surface area contributed by atoms with Gasteiger partial charge in [-0.3, -0.25) is 4.79 Å². The first-order valence-electron chi connectivity index (χ1n) is 5.91. The fraction of sp³-hybridized carbons (Fsp3) is 0.286. The van der Waals surface area contributed by atoms with Crippen molar-refractivity contribution in [3.05, 3.63) is 51.5 Å². The maximum absolute atomic E-state index is 12.0. The van der Waals surface area contributed by atoms with Crippen molar-refractivity contribution in [1.29, 1.82) is 0 Å². The average molecular weight is 260 g/mol. The highest BCUT2D eigenvalue weighted by Gasteiger charge is 2.08. The lowest BCUT2D eigenvalue weighted by Crippen LogP contribution is -2.26. The largest absolute Gasteiger partial charge is 0.352 e. The van der Waals surface area contributed by atoms with Gasteiger partial charge in [0.2, 0.25) is 0 Å². The lowest BCUT2D eigenvalue weighted by molar-refractivity contribution is 0.0953. The summed E-state index contributed by atoms with van der Waals surface area (Å²) >= 11 is 1.64. The molecule has 1 heterocycles. The minimum atomic E-state index is -0.00438. The molecule has 0 unspecified atom stereocenters. The Morgan fingerprint density at radius 3 is 2.78 bits per heavy atom. The summed E-state index contributed by atoms with van der Waals surface area (Å²) in [4.78, 5) is 17.4. The molecule has 18 heavy (non-hydrogen) atoms. The van der Waals surface area contributed by atoms with Crippen molar-refractivity contribution < 1.29 is 4.79 Å². The van der Waals surface area contributed by atoms with E-state index in [4.69, 9.17) is 0 Å². The highest BCUT2D eigenvalue weighted by atomic mass is 32.1. The van der Waals surface area contributed by atoms with Gasteiger partial charge < -0.3 is 5.32 Å². The number of nitrogens with zero attached hydrogens (tertiary/aromatic N) is 1. The molecule has 0 aliphatic rings. The molecule has 0 bridgehead atoms. The van der Waals surface area contributed by atoms with Gasteiger partial charge in [-0.1, -0.05) is 18.2 Å². The van der Waals surface area contributed by atoms with E-state index in [1.54, 1.807) is 11.3 Å². The molecule has 2 rings (SSSR count). The van der Waals surface area contributed by atoms with Crippen LogP contribution in [0.15, 0.2) is 29.8 Å². The Balaban J connectivity index is 1.90. The van der Waals surface area contributed by atoms with Crippen molar-refractivity contribution in [3.8, 4) is 0 Å². The normalized spacial score (nSPS) is 10.3. The van der Waals surface area contributed by atoms with Gasteiger partial charge in [0.05, 0.1) is 11.2 Å². The zero-order valence-electron chi connectivity index (χ0n) is 10.6. The third-order valence-corrected chi connectivity index (χ3v) is 3.87. The fourth-order valence-electron chi connectivity index (χ4n) is 1.78. The monoisotopic (exact) mass is 260 g/mol. The first-order valence-corrected chi connectivity index (χ1v) is 6.79. The van der Waals surface area contributed by atoms with Crippen LogP contribution in [0.1, 0.15) is 26.5 Å². The summed E-state index contributed by atoms with van der Waals surface area (Å²) in [5.74, 6) is -0.00438. The van der Waals surface area contributed by atoms with Crippen LogP contribution in [0, 0.1) is 13.8 Å². The molecule has 1 aromatic heterocycles. The van der Waals surface area contributed by atoms with Crippen LogP contribution in [0.4, 0.5) is 0 Å². The van der Waals surface area contributed by atoms with Crippen LogP contribution in [0.3, 0.4) is 0 Å². The van der Waals surface area contributed by atoms with Crippen LogP contribution < -0.4 is 5.32 Å². The minimum absolute atomic E-state index is 0.00438. The minimum Gasteiger partial charge on any atom is -0.352 e. The summed E-state index contributed by atoms with van der Waals surface area (Å²) in [5.41, 5.74) is 4.65. The van der Waals surface area contributed by atoms with E-state index in [-0.39, 0.29) is 5.91 Å². The third kappa shape index (κ3) is 2.96. The second-order valence-corrected chi connectivity index (χ2v) is 5.12. The van der Waals surface area contributed by atoms with Gasteiger partial charge in [-0.25, -0.2) is 4.98 Å². The molecule has 1 N–H and O–H groups in total. The summed E-state index contributed by atoms with van der Waals surface area (Å²) in [5, 5.41) is 2.95. The third-order valence-electron chi connectivity index (χ3n) is 2.87. The molecule has 0 atom stereocenters. The topological polar surface area (TPSA) is 42.0 Å². The Hall–Kier alpha value is -1.68. The Bertz CT molecular complexity index is 548. The standard InChI is InChI=1S/C14H16N2OS/c1-10-5-3-4-6-12(10)14(17)15-8-7-13-11(2)16-9-18-13/h3-6,9H,7-8H2,1-2H3,(H,15,17). The zero-order valence-corrected chi connectivity index (χ0v) is 11.4. The molecule has 1 aromatic carbocycles. The van der Waals surface area contributed by atoms with Crippen LogP contribution in [-0.2, 0) is 6.42 Å². The quantitative estimate of drug-likeness (QED) is 0.918. The van der Waals surface area contributed by atoms with E-state index in [0.717, 1.165) is 23.2 Å². The second kappa shape index (κ2) is 5.78. The van der Waals surface area contributed by atoms with E-state index in [2.05, 4.69) is 10.3 Å². The highest BCUT2D eigenvalue weighted by Crippen LogP contribution is 2.12. The second-order valence-electron chi connectivity index (χ2n) is 4.18. The van der Waals surface area contributed by atoms with E-state index in [1.807, 2.05) is 43.6 Å². The number of aryl methyl sites for hydroxylation is 2. The molecule has 0 aliphatic heterocycles. The van der Waals surface area contributed by atoms with Crippen LogP contribution in [-0.4, -0.2) is 17.4 Å². The molecule has 0 aliphatic carbocycles. The van der Waals surface area contributed by atoms with Crippen LogP contribution in [0.5, 0.6) is 0 Å². The number of thiazole rings is 1. The van der Waals surface area contributed by atoms with Gasteiger partial charge in [-0.05, 0) is 25.5 Å². The summed E-state index contributed by atoms with van der Waals surface area (Å²) in [6, 6.07) is 7.62. The van der Waals surface area contributed by atoms with Gasteiger partial charge in [0.15, 0.2) is 0 Å². The van der Waals surface area contributed by atoms with E-state index in [1.165, 1.54) is 4.88 Å². The van der Waals surface area contributed by atoms with Crippen molar-refractivity contribution in [2.45, 2.75) is 20.3 Å². The van der Waals surface area contributed by atoms with Gasteiger partial charge in [0.25, 0.3) is 5.91 Å². The molecule has 2 aromatic rings. The number of hydrogen-bond acceptors (Lipinski definition) is 3. The van der Waals surface area contributed by atoms with Crippen LogP contribution >= 0.6 is 11.3 Å². The number of rotatable bonds is 4. The van der Waals surface area contributed by atoms with Gasteiger partial charge in [0, 0.05) is 23.4 Å². The predicted octanol–water partition coefficient (Wildman–Crippen LogP) is 2.73. The first-order chi connectivity index (χ1) is 8.68. The maximum Gasteiger partial charge on any atom is 0.251 e. The van der Waals surface area contributed by atoms with Gasteiger partial charge in [-0.2, -0.15) is 0 Å². The number of carbonyl (C=O) groups is 1. The predicted molar refractivity (Wildman–Crippen MR) is 74.1 cm³/mol. The van der Waals surface area contributed by atoms with E-state index < -0.39 is 0 Å². The number of hydrogen-bond donors (Lipinski definition) is 1. The molecule has 0 fully saturated rings. The molecule has 1 amide bonds. The van der Waals surface area contributed by atoms with E-state index in [9.17, 15) is 4.79 Å². The maximum atomic E-state index is 12.0. The Kier molecular flexibility index (Phi) is 4.10. The van der Waals surface area contributed by atoms with E-state index in [0.29, 0.717) is 6.54 Å². The summed E-state index contributed by atoms with van der Waals surface area (Å²) in [6.07, 6.45) is 0.841. The zero-order chi connectivity index (χ0) is 13.0. The molecule has 94 valence electrons. The average Bonchev–Trinajstić information content (AvgIpc) is 2.75. The van der Waals surface area contributed by atoms with Gasteiger partial charge >= 0.3 is 0 Å². The van der Waals surface area contributed by atoms with Crippen molar-refractivity contribution >= 4 is 17.2 Å². The van der Waals surface area contributed by atoms with Crippen molar-refractivity contribution in [2.75, 3.05) is 6.54 Å². The van der Waals surface area contributed by atoms with Gasteiger partial charge in [-0.15, -0.1) is 11.3 Å². The number of benzene rings is 1. The number of nitrogens with one attached hydrogen (secondary N) is 1. The van der Waals surface area contributed by atoms with Crippen LogP contribution in [0.25, 0.3) is 0 Å². The Morgan fingerprint density at radius 1 is 1.33 bits per heavy atom.